The van der Waals surface area contributed by atoms with Crippen LogP contribution < -0.4 is 0 Å². The van der Waals surface area contributed by atoms with E-state index in [9.17, 15) is 18.0 Å². The number of esters is 1. The topological polar surface area (TPSA) is 52.3 Å². The number of hydrogen-bond donors (Lipinski definition) is 0. The van der Waals surface area contributed by atoms with Crippen LogP contribution in [-0.4, -0.2) is 17.6 Å². The summed E-state index contributed by atoms with van der Waals surface area (Å²) in [6.07, 6.45) is -2.57. The molecule has 0 spiro atoms. The van der Waals surface area contributed by atoms with Crippen molar-refractivity contribution in [3.63, 3.8) is 0 Å². The Balaban J connectivity index is 1.69. The highest BCUT2D eigenvalue weighted by molar-refractivity contribution is 5.94. The molecule has 4 rings (SSSR count). The van der Waals surface area contributed by atoms with Crippen LogP contribution in [0.15, 0.2) is 71.3 Å². The number of alkyl halides is 3. The van der Waals surface area contributed by atoms with Crippen molar-refractivity contribution in [2.24, 2.45) is 0 Å². The minimum Gasteiger partial charge on any atom is -0.462 e. The fraction of sp³-hybridized carbons (Fsp3) is 0.167. The van der Waals surface area contributed by atoms with E-state index >= 15 is 0 Å². The fourth-order valence-corrected chi connectivity index (χ4v) is 3.38. The number of carbonyl (C=O) groups is 1. The van der Waals surface area contributed by atoms with Gasteiger partial charge in [-0.15, -0.1) is 0 Å². The molecule has 4 nitrogen and oxygen atoms in total. The van der Waals surface area contributed by atoms with E-state index in [4.69, 9.17) is 9.15 Å². The minimum absolute atomic E-state index is 0.209. The SMILES string of the molecule is CCOC(=O)c1cccc(-c2nccc3cc(Cc4cccc(C(F)(F)F)c4)oc23)c1. The highest BCUT2D eigenvalue weighted by Crippen LogP contribution is 2.32. The van der Waals surface area contributed by atoms with Gasteiger partial charge in [0.1, 0.15) is 11.5 Å². The van der Waals surface area contributed by atoms with Crippen LogP contribution in [0.4, 0.5) is 13.2 Å². The Kier molecular flexibility index (Phi) is 5.50. The molecule has 0 saturated carbocycles. The van der Waals surface area contributed by atoms with Gasteiger partial charge in [-0.1, -0.05) is 30.3 Å². The van der Waals surface area contributed by atoms with Gasteiger partial charge in [0.05, 0.1) is 17.7 Å². The third-order valence-corrected chi connectivity index (χ3v) is 4.76. The maximum atomic E-state index is 13.0. The van der Waals surface area contributed by atoms with Crippen LogP contribution in [0, 0.1) is 0 Å². The fourth-order valence-electron chi connectivity index (χ4n) is 3.38. The molecule has 31 heavy (non-hydrogen) atoms. The van der Waals surface area contributed by atoms with Gasteiger partial charge in [-0.05, 0) is 42.8 Å². The second-order valence-corrected chi connectivity index (χ2v) is 6.97. The average molecular weight is 425 g/mol. The largest absolute Gasteiger partial charge is 0.462 e. The van der Waals surface area contributed by atoms with E-state index in [0.29, 0.717) is 33.7 Å². The lowest BCUT2D eigenvalue weighted by Crippen LogP contribution is -2.05. The van der Waals surface area contributed by atoms with E-state index in [1.54, 1.807) is 55.6 Å². The molecule has 158 valence electrons. The molecule has 0 aliphatic carbocycles. The van der Waals surface area contributed by atoms with Crippen molar-refractivity contribution in [2.45, 2.75) is 19.5 Å². The molecule has 0 atom stereocenters. The number of nitrogens with zero attached hydrogens (tertiary/aromatic N) is 1. The Bertz CT molecular complexity index is 1240. The molecule has 0 N–H and O–H groups in total. The highest BCUT2D eigenvalue weighted by atomic mass is 19.4. The first-order valence-electron chi connectivity index (χ1n) is 9.66. The molecule has 0 unspecified atom stereocenters. The number of rotatable bonds is 5. The van der Waals surface area contributed by atoms with Crippen molar-refractivity contribution >= 4 is 16.9 Å². The van der Waals surface area contributed by atoms with Crippen molar-refractivity contribution in [3.8, 4) is 11.3 Å². The van der Waals surface area contributed by atoms with Gasteiger partial charge in [0, 0.05) is 23.6 Å². The zero-order valence-electron chi connectivity index (χ0n) is 16.6. The van der Waals surface area contributed by atoms with E-state index < -0.39 is 17.7 Å². The highest BCUT2D eigenvalue weighted by Gasteiger charge is 2.30. The van der Waals surface area contributed by atoms with Gasteiger partial charge in [0.15, 0.2) is 5.58 Å². The first kappa shape index (κ1) is 20.7. The number of aromatic nitrogens is 1. The zero-order chi connectivity index (χ0) is 22.0. The van der Waals surface area contributed by atoms with Crippen LogP contribution in [0.2, 0.25) is 0 Å². The molecule has 2 heterocycles. The van der Waals surface area contributed by atoms with E-state index in [-0.39, 0.29) is 13.0 Å². The summed E-state index contributed by atoms with van der Waals surface area (Å²) in [7, 11) is 0. The minimum atomic E-state index is -4.40. The van der Waals surface area contributed by atoms with Gasteiger partial charge < -0.3 is 9.15 Å². The molecule has 0 amide bonds. The van der Waals surface area contributed by atoms with Crippen LogP contribution in [0.25, 0.3) is 22.2 Å². The molecule has 0 bridgehead atoms. The monoisotopic (exact) mass is 425 g/mol. The molecule has 0 fully saturated rings. The molecule has 0 radical (unpaired) electrons. The third-order valence-electron chi connectivity index (χ3n) is 4.76. The van der Waals surface area contributed by atoms with Crippen molar-refractivity contribution < 1.29 is 27.1 Å². The van der Waals surface area contributed by atoms with Gasteiger partial charge in [0.2, 0.25) is 0 Å². The lowest BCUT2D eigenvalue weighted by molar-refractivity contribution is -0.137. The van der Waals surface area contributed by atoms with E-state index in [1.165, 1.54) is 6.07 Å². The van der Waals surface area contributed by atoms with E-state index in [2.05, 4.69) is 4.98 Å². The van der Waals surface area contributed by atoms with Gasteiger partial charge in [-0.2, -0.15) is 13.2 Å². The third kappa shape index (κ3) is 4.45. The Morgan fingerprint density at radius 1 is 1.06 bits per heavy atom. The number of carbonyl (C=O) groups excluding carboxylic acids is 1. The zero-order valence-corrected chi connectivity index (χ0v) is 16.6. The molecular weight excluding hydrogens is 407 g/mol. The number of fused-ring (bicyclic) bond motifs is 1. The second kappa shape index (κ2) is 8.26. The van der Waals surface area contributed by atoms with Crippen LogP contribution in [-0.2, 0) is 17.3 Å². The molecule has 4 aromatic rings. The van der Waals surface area contributed by atoms with Gasteiger partial charge in [-0.25, -0.2) is 4.79 Å². The summed E-state index contributed by atoms with van der Waals surface area (Å²) < 4.78 is 50.0. The first-order valence-corrected chi connectivity index (χ1v) is 9.66. The predicted octanol–water partition coefficient (Wildman–Crippen LogP) is 6.28. The summed E-state index contributed by atoms with van der Waals surface area (Å²) in [6.45, 7) is 2.01. The lowest BCUT2D eigenvalue weighted by atomic mass is 10.1. The quantitative estimate of drug-likeness (QED) is 0.353. The predicted molar refractivity (Wildman–Crippen MR) is 110 cm³/mol. The van der Waals surface area contributed by atoms with Crippen molar-refractivity contribution in [2.75, 3.05) is 6.61 Å². The summed E-state index contributed by atoms with van der Waals surface area (Å²) in [4.78, 5) is 16.4. The number of halogens is 3. The molecular formula is C24H18F3NO3. The Morgan fingerprint density at radius 2 is 1.87 bits per heavy atom. The van der Waals surface area contributed by atoms with Gasteiger partial charge >= 0.3 is 12.1 Å². The van der Waals surface area contributed by atoms with Crippen LogP contribution >= 0.6 is 0 Å². The number of hydrogen-bond acceptors (Lipinski definition) is 4. The number of benzene rings is 2. The van der Waals surface area contributed by atoms with Crippen LogP contribution in [0.3, 0.4) is 0 Å². The van der Waals surface area contributed by atoms with Crippen molar-refractivity contribution in [1.82, 2.24) is 4.98 Å². The smallest absolute Gasteiger partial charge is 0.416 e. The average Bonchev–Trinajstić information content (AvgIpc) is 3.16. The number of furan rings is 1. The Labute approximate surface area is 176 Å². The summed E-state index contributed by atoms with van der Waals surface area (Å²) in [6, 6.07) is 15.6. The molecule has 0 aliphatic rings. The molecule has 0 saturated heterocycles. The normalized spacial score (nSPS) is 11.6. The van der Waals surface area contributed by atoms with Crippen LogP contribution in [0.5, 0.6) is 0 Å². The molecule has 7 heteroatoms. The maximum Gasteiger partial charge on any atom is 0.416 e. The molecule has 0 aliphatic heterocycles. The van der Waals surface area contributed by atoms with Gasteiger partial charge in [0.25, 0.3) is 0 Å². The summed E-state index contributed by atoms with van der Waals surface area (Å²) >= 11 is 0. The molecule has 2 aromatic heterocycles. The Morgan fingerprint density at radius 3 is 2.65 bits per heavy atom. The summed E-state index contributed by atoms with van der Waals surface area (Å²) in [5.41, 5.74) is 1.92. The molecule has 2 aromatic carbocycles. The standard InChI is InChI=1S/C24H18F3NO3/c1-2-30-23(29)18-7-4-6-16(13-18)21-22-17(9-10-28-21)14-20(31-22)12-15-5-3-8-19(11-15)24(25,26)27/h3-11,13-14H,2,12H2,1H3. The number of ether oxygens (including phenoxy) is 1. The number of pyridine rings is 1. The first-order chi connectivity index (χ1) is 14.8. The van der Waals surface area contributed by atoms with Crippen LogP contribution in [0.1, 0.15) is 34.2 Å². The lowest BCUT2D eigenvalue weighted by Gasteiger charge is -2.08. The summed E-state index contributed by atoms with van der Waals surface area (Å²) in [5.74, 6) is 0.0892. The van der Waals surface area contributed by atoms with E-state index in [0.717, 1.165) is 17.5 Å². The van der Waals surface area contributed by atoms with E-state index in [1.807, 2.05) is 0 Å². The summed E-state index contributed by atoms with van der Waals surface area (Å²) in [5, 5.41) is 0.772. The van der Waals surface area contributed by atoms with Crippen molar-refractivity contribution in [3.05, 3.63) is 89.3 Å². The van der Waals surface area contributed by atoms with Gasteiger partial charge in [-0.3, -0.25) is 4.98 Å². The Hall–Kier alpha value is -3.61. The second-order valence-electron chi connectivity index (χ2n) is 6.97. The van der Waals surface area contributed by atoms with Crippen molar-refractivity contribution in [1.29, 1.82) is 0 Å². The maximum absolute atomic E-state index is 13.0.